The number of halogens is 2. The summed E-state index contributed by atoms with van der Waals surface area (Å²) in [5, 5.41) is 18.5. The van der Waals surface area contributed by atoms with E-state index in [9.17, 15) is 19.2 Å². The molecule has 0 saturated carbocycles. The molecular formula is C23H18Cl2N4O8S3. The maximum atomic E-state index is 11.5. The Kier molecular flexibility index (Phi) is 12.9. The van der Waals surface area contributed by atoms with Crippen molar-refractivity contribution in [1.82, 2.24) is 19.9 Å². The molecule has 4 rings (SSSR count). The molecule has 2 N–H and O–H groups in total. The minimum absolute atomic E-state index is 0.0367. The molecule has 17 heteroatoms. The molecule has 0 aliphatic heterocycles. The molecular weight excluding hydrogens is 627 g/mol. The van der Waals surface area contributed by atoms with Gasteiger partial charge in [-0.05, 0) is 38.1 Å². The predicted octanol–water partition coefficient (Wildman–Crippen LogP) is 5.23. The first-order chi connectivity index (χ1) is 18.9. The number of carboxylic acids is 2. The molecule has 12 nitrogen and oxygen atoms in total. The minimum Gasteiger partial charge on any atom is -0.478 e. The number of carbonyl (C=O) groups is 4. The Bertz CT molecular complexity index is 1510. The Morgan fingerprint density at radius 1 is 0.800 bits per heavy atom. The van der Waals surface area contributed by atoms with Crippen LogP contribution in [-0.2, 0) is 14.0 Å². The van der Waals surface area contributed by atoms with E-state index in [1.807, 2.05) is 0 Å². The molecule has 0 unspecified atom stereocenters. The molecule has 0 aliphatic rings. The second kappa shape index (κ2) is 15.8. The summed E-state index contributed by atoms with van der Waals surface area (Å²) >= 11 is 2.20. The minimum atomic E-state index is -1.67. The van der Waals surface area contributed by atoms with E-state index in [0.717, 1.165) is 11.3 Å². The lowest BCUT2D eigenvalue weighted by Gasteiger charge is -1.97. The van der Waals surface area contributed by atoms with Crippen molar-refractivity contribution in [3.8, 4) is 21.4 Å². The second-order valence-corrected chi connectivity index (χ2v) is 11.6. The van der Waals surface area contributed by atoms with Crippen molar-refractivity contribution >= 4 is 77.0 Å². The Morgan fingerprint density at radius 2 is 1.27 bits per heavy atom. The molecule has 0 spiro atoms. The first-order valence-electron chi connectivity index (χ1n) is 10.7. The predicted molar refractivity (Wildman–Crippen MR) is 150 cm³/mol. The maximum Gasteiger partial charge on any atom is 0.349 e. The van der Waals surface area contributed by atoms with Crippen LogP contribution in [0, 0.1) is 0 Å². The van der Waals surface area contributed by atoms with Gasteiger partial charge in [-0.15, -0.1) is 22.7 Å². The number of esters is 1. The van der Waals surface area contributed by atoms with E-state index < -0.39 is 21.2 Å². The van der Waals surface area contributed by atoms with E-state index >= 15 is 0 Å². The molecule has 4 aromatic rings. The summed E-state index contributed by atoms with van der Waals surface area (Å²) in [6.45, 7) is 3.57. The number of ketones is 1. The van der Waals surface area contributed by atoms with Gasteiger partial charge < -0.3 is 14.9 Å². The smallest absolute Gasteiger partial charge is 0.349 e. The molecule has 0 amide bonds. The standard InChI is InChI=1S/C13H12N2O3S.C10H6N2O4S.Cl2OS/c1-3-18-13(17)11-7-15-12(19-11)10-5-4-9(6-14-10)8(2)16;13-9(14)5-1-2-6(11-3-5)8-12-4-7(17-8)10(15)16;1-4(2)3/h4-7H,3H2,1-2H3;1-4H,(H,13,14)(H,15,16);. The van der Waals surface area contributed by atoms with Crippen LogP contribution >= 0.6 is 44.0 Å². The third-order valence-corrected chi connectivity index (χ3v) is 6.33. The monoisotopic (exact) mass is 644 g/mol. The van der Waals surface area contributed by atoms with Crippen molar-refractivity contribution in [3.63, 3.8) is 0 Å². The van der Waals surface area contributed by atoms with Crippen molar-refractivity contribution < 1.29 is 38.3 Å². The zero-order valence-corrected chi connectivity index (χ0v) is 24.4. The lowest BCUT2D eigenvalue weighted by molar-refractivity contribution is 0.0530. The van der Waals surface area contributed by atoms with Crippen LogP contribution < -0.4 is 0 Å². The number of carboxylic acid groups (broad SMARTS) is 2. The molecule has 0 atom stereocenters. The number of thiazole rings is 2. The molecule has 0 saturated heterocycles. The highest BCUT2D eigenvalue weighted by molar-refractivity contribution is 8.26. The topological polar surface area (TPSA) is 187 Å². The Balaban J connectivity index is 0.000000249. The summed E-state index contributed by atoms with van der Waals surface area (Å²) in [4.78, 5) is 60.6. The molecule has 0 bridgehead atoms. The molecule has 0 aliphatic carbocycles. The quantitative estimate of drug-likeness (QED) is 0.152. The van der Waals surface area contributed by atoms with E-state index in [0.29, 0.717) is 38.5 Å². The van der Waals surface area contributed by atoms with E-state index in [1.165, 1.54) is 55.2 Å². The van der Waals surface area contributed by atoms with Crippen LogP contribution in [0.5, 0.6) is 0 Å². The molecule has 210 valence electrons. The highest BCUT2D eigenvalue weighted by atomic mass is 36.0. The summed E-state index contributed by atoms with van der Waals surface area (Å²) in [6.07, 6.45) is 5.43. The average molecular weight is 646 g/mol. The summed E-state index contributed by atoms with van der Waals surface area (Å²) in [6, 6.07) is 6.29. The van der Waals surface area contributed by atoms with Gasteiger partial charge in [0.1, 0.15) is 19.8 Å². The molecule has 4 heterocycles. The Labute approximate surface area is 246 Å². The SMILES string of the molecule is CCOC(=O)c1cnc(-c2ccc(C(C)=O)cn2)s1.O=C(O)c1ccc(-c2ncc(C(=O)O)s2)nc1.O=S(Cl)Cl. The lowest BCUT2D eigenvalue weighted by atomic mass is 10.2. The Morgan fingerprint density at radius 3 is 1.65 bits per heavy atom. The number of Topliss-reactive ketones (excluding diaryl/α,β-unsaturated/α-hetero) is 1. The number of ether oxygens (including phenoxy) is 1. The summed E-state index contributed by atoms with van der Waals surface area (Å²) in [7, 11) is 7.36. The van der Waals surface area contributed by atoms with Gasteiger partial charge in [0.25, 0.3) is 0 Å². The molecule has 0 fully saturated rings. The van der Waals surface area contributed by atoms with Crippen LogP contribution in [0.25, 0.3) is 21.4 Å². The van der Waals surface area contributed by atoms with E-state index in [4.69, 9.17) is 19.2 Å². The fraction of sp³-hybridized carbons (Fsp3) is 0.130. The lowest BCUT2D eigenvalue weighted by Crippen LogP contribution is -2.01. The molecule has 4 aromatic heterocycles. The second-order valence-electron chi connectivity index (χ2n) is 6.99. The van der Waals surface area contributed by atoms with Crippen LogP contribution in [0.1, 0.15) is 53.9 Å². The van der Waals surface area contributed by atoms with Crippen LogP contribution in [0.15, 0.2) is 49.1 Å². The van der Waals surface area contributed by atoms with E-state index in [2.05, 4.69) is 41.3 Å². The van der Waals surface area contributed by atoms with Gasteiger partial charge in [-0.1, -0.05) is 0 Å². The Hall–Kier alpha value is -3.63. The summed E-state index contributed by atoms with van der Waals surface area (Å²) < 4.78 is 14.0. The number of hydrogen-bond acceptors (Lipinski definition) is 12. The number of nitrogens with zero attached hydrogens (tertiary/aromatic N) is 4. The van der Waals surface area contributed by atoms with Gasteiger partial charge in [0.15, 0.2) is 5.78 Å². The number of carbonyl (C=O) groups excluding carboxylic acids is 2. The van der Waals surface area contributed by atoms with Crippen LogP contribution in [0.4, 0.5) is 0 Å². The largest absolute Gasteiger partial charge is 0.478 e. The van der Waals surface area contributed by atoms with Crippen molar-refractivity contribution in [2.24, 2.45) is 0 Å². The third-order valence-electron chi connectivity index (χ3n) is 4.32. The van der Waals surface area contributed by atoms with Crippen molar-refractivity contribution in [3.05, 3.63) is 69.9 Å². The van der Waals surface area contributed by atoms with Gasteiger partial charge >= 0.3 is 17.9 Å². The first-order valence-corrected chi connectivity index (χ1v) is 15.1. The fourth-order valence-corrected chi connectivity index (χ4v) is 4.07. The van der Waals surface area contributed by atoms with Crippen molar-refractivity contribution in [2.45, 2.75) is 13.8 Å². The van der Waals surface area contributed by atoms with Crippen molar-refractivity contribution in [2.75, 3.05) is 6.61 Å². The number of aromatic nitrogens is 4. The van der Waals surface area contributed by atoms with Crippen LogP contribution in [0.3, 0.4) is 0 Å². The van der Waals surface area contributed by atoms with Crippen molar-refractivity contribution in [1.29, 1.82) is 0 Å². The van der Waals surface area contributed by atoms with Gasteiger partial charge in [-0.2, -0.15) is 0 Å². The summed E-state index contributed by atoms with van der Waals surface area (Å²) in [5.41, 5.74) is 1.70. The van der Waals surface area contributed by atoms with Gasteiger partial charge in [0.2, 0.25) is 9.23 Å². The van der Waals surface area contributed by atoms with Gasteiger partial charge in [0, 0.05) is 39.3 Å². The molecule has 0 aromatic carbocycles. The van der Waals surface area contributed by atoms with Gasteiger partial charge in [0.05, 0.1) is 36.0 Å². The third kappa shape index (κ3) is 10.2. The number of aromatic carboxylic acids is 2. The number of hydrogen-bond donors (Lipinski definition) is 2. The highest BCUT2D eigenvalue weighted by Crippen LogP contribution is 2.25. The molecule has 40 heavy (non-hydrogen) atoms. The zero-order chi connectivity index (χ0) is 29.8. The number of rotatable bonds is 7. The van der Waals surface area contributed by atoms with E-state index in [1.54, 1.807) is 19.1 Å². The highest BCUT2D eigenvalue weighted by Gasteiger charge is 2.14. The zero-order valence-electron chi connectivity index (χ0n) is 20.4. The first kappa shape index (κ1) is 32.6. The fourth-order valence-electron chi connectivity index (χ4n) is 2.56. The van der Waals surface area contributed by atoms with E-state index in [-0.39, 0.29) is 22.2 Å². The number of pyridine rings is 2. The van der Waals surface area contributed by atoms with Crippen LogP contribution in [-0.4, -0.2) is 64.7 Å². The van der Waals surface area contributed by atoms with Gasteiger partial charge in [-0.3, -0.25) is 14.8 Å². The normalized spacial score (nSPS) is 10.0. The average Bonchev–Trinajstić information content (AvgIpc) is 3.60. The van der Waals surface area contributed by atoms with Crippen LogP contribution in [0.2, 0.25) is 0 Å². The summed E-state index contributed by atoms with van der Waals surface area (Å²) in [5.74, 6) is -2.53. The van der Waals surface area contributed by atoms with Gasteiger partial charge in [-0.25, -0.2) is 28.6 Å². The molecule has 0 radical (unpaired) electrons. The maximum absolute atomic E-state index is 11.5.